The molecule has 0 aromatic rings. The van der Waals surface area contributed by atoms with Crippen LogP contribution in [-0.2, 0) is 0 Å². The summed E-state index contributed by atoms with van der Waals surface area (Å²) in [5, 5.41) is 0. The molecule has 0 saturated carbocycles. The Kier molecular flexibility index (Phi) is 3.26. The largest absolute Gasteiger partial charge is 0.389 e. The van der Waals surface area contributed by atoms with E-state index in [0.717, 1.165) is 0 Å². The Bertz CT molecular complexity index is 95.1. The highest BCUT2D eigenvalue weighted by Crippen LogP contribution is 2.26. The lowest BCUT2D eigenvalue weighted by atomic mass is 10.1. The van der Waals surface area contributed by atoms with Gasteiger partial charge in [-0.1, -0.05) is 0 Å². The lowest BCUT2D eigenvalue weighted by molar-refractivity contribution is -0.129. The molecule has 0 heterocycles. The molecule has 0 aliphatic carbocycles. The van der Waals surface area contributed by atoms with Crippen molar-refractivity contribution < 1.29 is 22.0 Å². The minimum atomic E-state index is -4.37. The predicted molar refractivity (Wildman–Crippen MR) is 30.2 cm³/mol. The van der Waals surface area contributed by atoms with Crippen LogP contribution in [0, 0.1) is 6.42 Å². The molecule has 0 saturated heterocycles. The van der Waals surface area contributed by atoms with Crippen LogP contribution in [0.5, 0.6) is 0 Å². The zero-order chi connectivity index (χ0) is 9.12. The molecule has 0 aromatic heterocycles. The molecule has 1 radical (unpaired) electrons. The fourth-order valence-corrected chi connectivity index (χ4v) is 0.489. The van der Waals surface area contributed by atoms with Crippen LogP contribution in [0.4, 0.5) is 22.0 Å². The van der Waals surface area contributed by atoms with Gasteiger partial charge in [0.25, 0.3) is 0 Å². The Morgan fingerprint density at radius 3 is 1.73 bits per heavy atom. The molecule has 0 fully saturated rings. The first-order valence-corrected chi connectivity index (χ1v) is 2.97. The monoisotopic (exact) mass is 175 g/mol. The fraction of sp³-hybridized carbons (Fsp3) is 0.833. The van der Waals surface area contributed by atoms with E-state index in [0.29, 0.717) is 13.3 Å². The molecule has 67 valence electrons. The summed E-state index contributed by atoms with van der Waals surface area (Å²) in [4.78, 5) is 0. The van der Waals surface area contributed by atoms with E-state index in [-0.39, 0.29) is 0 Å². The van der Waals surface area contributed by atoms with Gasteiger partial charge < -0.3 is 0 Å². The molecule has 0 atom stereocenters. The lowest BCUT2D eigenvalue weighted by Crippen LogP contribution is -2.13. The summed E-state index contributed by atoms with van der Waals surface area (Å²) in [5.74, 6) is -3.04. The van der Waals surface area contributed by atoms with Crippen LogP contribution in [-0.4, -0.2) is 12.1 Å². The first kappa shape index (κ1) is 10.7. The maximum atomic E-state index is 11.9. The predicted octanol–water partition coefficient (Wildman–Crippen LogP) is 3.19. The van der Waals surface area contributed by atoms with Crippen molar-refractivity contribution in [1.82, 2.24) is 0 Å². The van der Waals surface area contributed by atoms with E-state index in [2.05, 4.69) is 0 Å². The summed E-state index contributed by atoms with van der Waals surface area (Å²) >= 11 is 0. The SMILES string of the molecule is CC(F)(F)C[CH]CC(F)(F)F. The third-order valence-corrected chi connectivity index (χ3v) is 0.879. The number of rotatable bonds is 3. The van der Waals surface area contributed by atoms with Crippen LogP contribution < -0.4 is 0 Å². The van der Waals surface area contributed by atoms with E-state index in [1.807, 2.05) is 0 Å². The van der Waals surface area contributed by atoms with Gasteiger partial charge in [-0.05, 0) is 13.3 Å². The van der Waals surface area contributed by atoms with E-state index >= 15 is 0 Å². The van der Waals surface area contributed by atoms with E-state index in [4.69, 9.17) is 0 Å². The van der Waals surface area contributed by atoms with Gasteiger partial charge in [0.05, 0.1) is 0 Å². The number of hydrogen-bond acceptors (Lipinski definition) is 0. The van der Waals surface area contributed by atoms with Crippen LogP contribution >= 0.6 is 0 Å². The molecule has 0 aromatic carbocycles. The molecule has 0 unspecified atom stereocenters. The number of halogens is 5. The fourth-order valence-electron chi connectivity index (χ4n) is 0.489. The van der Waals surface area contributed by atoms with Crippen molar-refractivity contribution in [2.75, 3.05) is 0 Å². The number of hydrogen-bond donors (Lipinski definition) is 0. The Hall–Kier alpha value is -0.350. The minimum absolute atomic E-state index is 0.542. The van der Waals surface area contributed by atoms with Crippen molar-refractivity contribution in [3.63, 3.8) is 0 Å². The zero-order valence-electron chi connectivity index (χ0n) is 5.88. The Morgan fingerprint density at radius 2 is 1.45 bits per heavy atom. The molecular weight excluding hydrogens is 167 g/mol. The van der Waals surface area contributed by atoms with Crippen molar-refractivity contribution in [3.05, 3.63) is 6.42 Å². The molecule has 0 aliphatic rings. The highest BCUT2D eigenvalue weighted by molar-refractivity contribution is 4.75. The van der Waals surface area contributed by atoms with Gasteiger partial charge >= 0.3 is 6.18 Å². The number of alkyl halides is 5. The normalized spacial score (nSPS) is 13.6. The van der Waals surface area contributed by atoms with Crippen LogP contribution in [0.25, 0.3) is 0 Å². The van der Waals surface area contributed by atoms with Crippen LogP contribution in [0.3, 0.4) is 0 Å². The maximum Gasteiger partial charge on any atom is 0.389 e. The van der Waals surface area contributed by atoms with Gasteiger partial charge in [0, 0.05) is 12.8 Å². The first-order valence-electron chi connectivity index (χ1n) is 2.97. The van der Waals surface area contributed by atoms with Gasteiger partial charge in [0.1, 0.15) is 0 Å². The molecule has 0 bridgehead atoms. The second-order valence-corrected chi connectivity index (χ2v) is 2.38. The topological polar surface area (TPSA) is 0 Å². The molecule has 0 aliphatic heterocycles. The molecule has 0 amide bonds. The summed E-state index contributed by atoms with van der Waals surface area (Å²) in [6, 6.07) is 0. The summed E-state index contributed by atoms with van der Waals surface area (Å²) in [6.45, 7) is 0.583. The highest BCUT2D eigenvalue weighted by atomic mass is 19.4. The van der Waals surface area contributed by atoms with Crippen molar-refractivity contribution in [2.45, 2.75) is 31.9 Å². The summed E-state index contributed by atoms with van der Waals surface area (Å²) in [5.41, 5.74) is 0. The molecule has 0 nitrogen and oxygen atoms in total. The van der Waals surface area contributed by atoms with Gasteiger partial charge in [-0.25, -0.2) is 8.78 Å². The molecule has 0 spiro atoms. The highest BCUT2D eigenvalue weighted by Gasteiger charge is 2.29. The zero-order valence-corrected chi connectivity index (χ0v) is 5.88. The van der Waals surface area contributed by atoms with Crippen molar-refractivity contribution in [1.29, 1.82) is 0 Å². The average Bonchev–Trinajstić information content (AvgIpc) is 1.55. The first-order chi connectivity index (χ1) is 4.71. The van der Waals surface area contributed by atoms with Gasteiger partial charge in [0.15, 0.2) is 0 Å². The molecule has 5 heteroatoms. The van der Waals surface area contributed by atoms with E-state index in [1.54, 1.807) is 0 Å². The van der Waals surface area contributed by atoms with Crippen molar-refractivity contribution in [3.8, 4) is 0 Å². The van der Waals surface area contributed by atoms with Gasteiger partial charge in [0.2, 0.25) is 5.92 Å². The minimum Gasteiger partial charge on any atom is -0.207 e. The molecule has 0 rings (SSSR count). The third kappa shape index (κ3) is 9.65. The van der Waals surface area contributed by atoms with Gasteiger partial charge in [-0.2, -0.15) is 13.2 Å². The quantitative estimate of drug-likeness (QED) is 0.578. The van der Waals surface area contributed by atoms with Crippen LogP contribution in [0.2, 0.25) is 0 Å². The standard InChI is InChI=1S/C6H8F5/c1-5(7,8)3-2-4-6(9,10)11/h2H,3-4H2,1H3. The Balaban J connectivity index is 3.44. The van der Waals surface area contributed by atoms with Crippen LogP contribution in [0.1, 0.15) is 19.8 Å². The Labute approximate surface area is 61.4 Å². The van der Waals surface area contributed by atoms with Crippen molar-refractivity contribution in [2.24, 2.45) is 0 Å². The van der Waals surface area contributed by atoms with Crippen molar-refractivity contribution >= 4 is 0 Å². The van der Waals surface area contributed by atoms with E-state index in [9.17, 15) is 22.0 Å². The lowest BCUT2D eigenvalue weighted by Gasteiger charge is -2.10. The maximum absolute atomic E-state index is 11.9. The smallest absolute Gasteiger partial charge is 0.207 e. The summed E-state index contributed by atoms with van der Waals surface area (Å²) < 4.78 is 57.9. The Morgan fingerprint density at radius 1 is 1.00 bits per heavy atom. The van der Waals surface area contributed by atoms with Gasteiger partial charge in [-0.15, -0.1) is 0 Å². The summed E-state index contributed by atoms with van der Waals surface area (Å²) in [7, 11) is 0. The summed E-state index contributed by atoms with van der Waals surface area (Å²) in [6.07, 6.45) is -5.91. The third-order valence-electron chi connectivity index (χ3n) is 0.879. The second kappa shape index (κ2) is 3.36. The average molecular weight is 175 g/mol. The molecular formula is C6H8F5. The van der Waals surface area contributed by atoms with E-state index in [1.165, 1.54) is 0 Å². The molecule has 11 heavy (non-hydrogen) atoms. The van der Waals surface area contributed by atoms with E-state index < -0.39 is 24.9 Å². The molecule has 0 N–H and O–H groups in total. The second-order valence-electron chi connectivity index (χ2n) is 2.38. The van der Waals surface area contributed by atoms with Crippen LogP contribution in [0.15, 0.2) is 0 Å². The van der Waals surface area contributed by atoms with Gasteiger partial charge in [-0.3, -0.25) is 0 Å².